The molecule has 2 rings (SSSR count). The molecule has 3 nitrogen and oxygen atoms in total. The number of carbonyl (C=O) groups excluding carboxylic acids is 1. The Morgan fingerprint density at radius 1 is 1.24 bits per heavy atom. The molecule has 0 aromatic rings. The number of carbonyl (C=O) groups is 1. The number of piperidine rings is 2. The van der Waals surface area contributed by atoms with Crippen molar-refractivity contribution in [2.24, 2.45) is 17.8 Å². The van der Waals surface area contributed by atoms with Crippen molar-refractivity contribution in [2.75, 3.05) is 26.2 Å². The van der Waals surface area contributed by atoms with Crippen molar-refractivity contribution in [3.05, 3.63) is 0 Å². The summed E-state index contributed by atoms with van der Waals surface area (Å²) < 4.78 is 0. The van der Waals surface area contributed by atoms with Gasteiger partial charge >= 0.3 is 0 Å². The maximum atomic E-state index is 12.3. The molecule has 2 saturated heterocycles. The third kappa shape index (κ3) is 3.21. The van der Waals surface area contributed by atoms with E-state index in [-0.39, 0.29) is 5.92 Å². The molecule has 0 radical (unpaired) electrons. The van der Waals surface area contributed by atoms with Crippen molar-refractivity contribution in [3.63, 3.8) is 0 Å². The van der Waals surface area contributed by atoms with Crippen LogP contribution in [0, 0.1) is 17.8 Å². The van der Waals surface area contributed by atoms with Crippen LogP contribution in [0.3, 0.4) is 0 Å². The molecule has 2 aliphatic rings. The maximum absolute atomic E-state index is 12.3. The van der Waals surface area contributed by atoms with Gasteiger partial charge in [0.1, 0.15) is 0 Å². The van der Waals surface area contributed by atoms with Gasteiger partial charge in [-0.25, -0.2) is 0 Å². The Hall–Kier alpha value is -0.570. The Kier molecular flexibility index (Phi) is 4.43. The standard InChI is InChI=1S/C14H26N2O/c1-11(2)12-5-8-16(9-6-12)14(17)13-4-3-7-15-10-13/h11-13,15H,3-10H2,1-2H3. The second-order valence-electron chi connectivity index (χ2n) is 5.95. The van der Waals surface area contributed by atoms with E-state index in [4.69, 9.17) is 0 Å². The Balaban J connectivity index is 1.81. The average Bonchev–Trinajstić information content (AvgIpc) is 2.39. The summed E-state index contributed by atoms with van der Waals surface area (Å²) in [5, 5.41) is 3.33. The molecule has 3 heteroatoms. The lowest BCUT2D eigenvalue weighted by atomic mass is 9.86. The van der Waals surface area contributed by atoms with E-state index in [2.05, 4.69) is 24.1 Å². The van der Waals surface area contributed by atoms with E-state index in [1.807, 2.05) is 0 Å². The molecular weight excluding hydrogens is 212 g/mol. The quantitative estimate of drug-likeness (QED) is 0.796. The van der Waals surface area contributed by atoms with Gasteiger partial charge in [-0.15, -0.1) is 0 Å². The zero-order chi connectivity index (χ0) is 12.3. The number of amides is 1. The van der Waals surface area contributed by atoms with E-state index in [9.17, 15) is 4.79 Å². The lowest BCUT2D eigenvalue weighted by Crippen LogP contribution is -2.46. The fourth-order valence-electron chi connectivity index (χ4n) is 3.11. The SMILES string of the molecule is CC(C)C1CCN(C(=O)C2CCCNC2)CC1. The van der Waals surface area contributed by atoms with Crippen LogP contribution >= 0.6 is 0 Å². The van der Waals surface area contributed by atoms with Gasteiger partial charge in [-0.1, -0.05) is 13.8 Å². The smallest absolute Gasteiger partial charge is 0.226 e. The van der Waals surface area contributed by atoms with E-state index in [0.29, 0.717) is 5.91 Å². The minimum atomic E-state index is 0.249. The monoisotopic (exact) mass is 238 g/mol. The zero-order valence-electron chi connectivity index (χ0n) is 11.2. The van der Waals surface area contributed by atoms with Crippen LogP contribution in [0.2, 0.25) is 0 Å². The number of rotatable bonds is 2. The van der Waals surface area contributed by atoms with Gasteiger partial charge in [0.2, 0.25) is 5.91 Å². The molecule has 1 amide bonds. The predicted octanol–water partition coefficient (Wildman–Crippen LogP) is 1.88. The third-order valence-corrected chi connectivity index (χ3v) is 4.44. The molecular formula is C14H26N2O. The van der Waals surface area contributed by atoms with E-state index in [0.717, 1.165) is 50.9 Å². The second kappa shape index (κ2) is 5.85. The summed E-state index contributed by atoms with van der Waals surface area (Å²) in [6, 6.07) is 0. The first-order valence-corrected chi connectivity index (χ1v) is 7.18. The molecule has 0 bridgehead atoms. The molecule has 1 unspecified atom stereocenters. The van der Waals surface area contributed by atoms with Crippen molar-refractivity contribution in [1.29, 1.82) is 0 Å². The molecule has 1 atom stereocenters. The lowest BCUT2D eigenvalue weighted by molar-refractivity contribution is -0.137. The van der Waals surface area contributed by atoms with Crippen LogP contribution in [-0.4, -0.2) is 37.0 Å². The summed E-state index contributed by atoms with van der Waals surface area (Å²) in [7, 11) is 0. The van der Waals surface area contributed by atoms with Crippen LogP contribution in [0.25, 0.3) is 0 Å². The molecule has 0 aromatic heterocycles. The molecule has 2 fully saturated rings. The predicted molar refractivity (Wildman–Crippen MR) is 69.7 cm³/mol. The van der Waals surface area contributed by atoms with Crippen LogP contribution in [0.4, 0.5) is 0 Å². The molecule has 98 valence electrons. The van der Waals surface area contributed by atoms with Crippen LogP contribution in [-0.2, 0) is 4.79 Å². The van der Waals surface area contributed by atoms with Gasteiger partial charge in [-0.2, -0.15) is 0 Å². The minimum absolute atomic E-state index is 0.249. The lowest BCUT2D eigenvalue weighted by Gasteiger charge is -2.36. The first kappa shape index (κ1) is 12.9. The van der Waals surface area contributed by atoms with Crippen LogP contribution in [0.15, 0.2) is 0 Å². The fourth-order valence-corrected chi connectivity index (χ4v) is 3.11. The van der Waals surface area contributed by atoms with Crippen molar-refractivity contribution in [3.8, 4) is 0 Å². The molecule has 2 aliphatic heterocycles. The summed E-state index contributed by atoms with van der Waals surface area (Å²) in [4.78, 5) is 14.4. The number of nitrogens with one attached hydrogen (secondary N) is 1. The molecule has 0 aromatic carbocycles. The van der Waals surface area contributed by atoms with Gasteiger partial charge in [0, 0.05) is 19.6 Å². The van der Waals surface area contributed by atoms with E-state index < -0.39 is 0 Å². The number of likely N-dealkylation sites (tertiary alicyclic amines) is 1. The van der Waals surface area contributed by atoms with Gasteiger partial charge in [-0.05, 0) is 44.1 Å². The normalized spacial score (nSPS) is 27.5. The molecule has 1 N–H and O–H groups in total. The van der Waals surface area contributed by atoms with E-state index >= 15 is 0 Å². The zero-order valence-corrected chi connectivity index (χ0v) is 11.2. The Labute approximate surface area is 105 Å². The second-order valence-corrected chi connectivity index (χ2v) is 5.95. The summed E-state index contributed by atoms with van der Waals surface area (Å²) >= 11 is 0. The van der Waals surface area contributed by atoms with Gasteiger partial charge in [0.05, 0.1) is 5.92 Å². The Morgan fingerprint density at radius 3 is 2.47 bits per heavy atom. The number of hydrogen-bond donors (Lipinski definition) is 1. The summed E-state index contributed by atoms with van der Waals surface area (Å²) in [6.07, 6.45) is 4.63. The van der Waals surface area contributed by atoms with Crippen molar-refractivity contribution < 1.29 is 4.79 Å². The largest absolute Gasteiger partial charge is 0.342 e. The van der Waals surface area contributed by atoms with Gasteiger partial charge < -0.3 is 10.2 Å². The molecule has 17 heavy (non-hydrogen) atoms. The number of nitrogens with zero attached hydrogens (tertiary/aromatic N) is 1. The third-order valence-electron chi connectivity index (χ3n) is 4.44. The van der Waals surface area contributed by atoms with Crippen molar-refractivity contribution >= 4 is 5.91 Å². The number of hydrogen-bond acceptors (Lipinski definition) is 2. The average molecular weight is 238 g/mol. The van der Waals surface area contributed by atoms with Gasteiger partial charge in [-0.3, -0.25) is 4.79 Å². The minimum Gasteiger partial charge on any atom is -0.342 e. The molecule has 0 spiro atoms. The Bertz CT molecular complexity index is 251. The first-order valence-electron chi connectivity index (χ1n) is 7.18. The van der Waals surface area contributed by atoms with Crippen LogP contribution in [0.1, 0.15) is 39.5 Å². The highest BCUT2D eigenvalue weighted by atomic mass is 16.2. The van der Waals surface area contributed by atoms with Crippen molar-refractivity contribution in [1.82, 2.24) is 10.2 Å². The maximum Gasteiger partial charge on any atom is 0.226 e. The molecule has 2 heterocycles. The van der Waals surface area contributed by atoms with Crippen molar-refractivity contribution in [2.45, 2.75) is 39.5 Å². The van der Waals surface area contributed by atoms with Crippen LogP contribution in [0.5, 0.6) is 0 Å². The molecule has 0 aliphatic carbocycles. The topological polar surface area (TPSA) is 32.3 Å². The van der Waals surface area contributed by atoms with Gasteiger partial charge in [0.25, 0.3) is 0 Å². The highest BCUT2D eigenvalue weighted by Gasteiger charge is 2.29. The first-order chi connectivity index (χ1) is 8.18. The van der Waals surface area contributed by atoms with E-state index in [1.165, 1.54) is 12.8 Å². The summed E-state index contributed by atoms with van der Waals surface area (Å²) in [5.41, 5.74) is 0. The highest BCUT2D eigenvalue weighted by Crippen LogP contribution is 2.26. The van der Waals surface area contributed by atoms with Crippen LogP contribution < -0.4 is 5.32 Å². The summed E-state index contributed by atoms with van der Waals surface area (Å²) in [6.45, 7) is 8.54. The fraction of sp³-hybridized carbons (Fsp3) is 0.929. The van der Waals surface area contributed by atoms with E-state index in [1.54, 1.807) is 0 Å². The Morgan fingerprint density at radius 2 is 1.94 bits per heavy atom. The van der Waals surface area contributed by atoms with Gasteiger partial charge in [0.15, 0.2) is 0 Å². The highest BCUT2D eigenvalue weighted by molar-refractivity contribution is 5.79. The molecule has 0 saturated carbocycles. The summed E-state index contributed by atoms with van der Waals surface area (Å²) in [5.74, 6) is 2.24.